The molecule has 0 radical (unpaired) electrons. The zero-order chi connectivity index (χ0) is 11.4. The molecule has 0 atom stereocenters. The maximum absolute atomic E-state index is 8.46. The molecule has 1 saturated carbocycles. The number of nitrogens with zero attached hydrogens (tertiary/aromatic N) is 4. The van der Waals surface area contributed by atoms with Crippen LogP contribution in [0.2, 0.25) is 0 Å². The van der Waals surface area contributed by atoms with Crippen molar-refractivity contribution in [1.82, 2.24) is 14.8 Å². The number of unbranched alkanes of at least 4 members (excludes halogenated alkanes) is 1. The summed E-state index contributed by atoms with van der Waals surface area (Å²) in [4.78, 5) is 0. The molecule has 4 nitrogen and oxygen atoms in total. The Morgan fingerprint density at radius 1 is 1.50 bits per heavy atom. The fourth-order valence-electron chi connectivity index (χ4n) is 1.66. The van der Waals surface area contributed by atoms with Gasteiger partial charge in [-0.25, -0.2) is 0 Å². The lowest BCUT2D eigenvalue weighted by atomic mass is 10.4. The van der Waals surface area contributed by atoms with Gasteiger partial charge in [-0.15, -0.1) is 10.2 Å². The normalized spacial score (nSPS) is 15.0. The second-order valence-electron chi connectivity index (χ2n) is 3.97. The third-order valence-electron chi connectivity index (χ3n) is 2.67. The number of aromatic nitrogens is 3. The number of rotatable bonds is 6. The Bertz CT molecular complexity index is 389. The maximum atomic E-state index is 8.46. The van der Waals surface area contributed by atoms with Crippen molar-refractivity contribution in [3.63, 3.8) is 0 Å². The first kappa shape index (κ1) is 11.5. The minimum atomic E-state index is 0.628. The fourth-order valence-corrected chi connectivity index (χ4v) is 2.61. The van der Waals surface area contributed by atoms with Crippen LogP contribution in [-0.2, 0) is 6.54 Å². The Kier molecular flexibility index (Phi) is 3.83. The Labute approximate surface area is 100 Å². The number of thioether (sulfide) groups is 1. The van der Waals surface area contributed by atoms with Gasteiger partial charge in [-0.3, -0.25) is 0 Å². The molecule has 0 N–H and O–H groups in total. The van der Waals surface area contributed by atoms with Gasteiger partial charge in [0.05, 0.1) is 6.07 Å². The topological polar surface area (TPSA) is 54.5 Å². The lowest BCUT2D eigenvalue weighted by molar-refractivity contribution is 0.643. The molecule has 0 bridgehead atoms. The van der Waals surface area contributed by atoms with E-state index in [1.807, 2.05) is 0 Å². The van der Waals surface area contributed by atoms with Gasteiger partial charge in [0.1, 0.15) is 5.82 Å². The van der Waals surface area contributed by atoms with E-state index in [-0.39, 0.29) is 0 Å². The van der Waals surface area contributed by atoms with Gasteiger partial charge >= 0.3 is 0 Å². The van der Waals surface area contributed by atoms with Gasteiger partial charge in [0.25, 0.3) is 0 Å². The van der Waals surface area contributed by atoms with Crippen molar-refractivity contribution in [3.8, 4) is 6.07 Å². The van der Waals surface area contributed by atoms with Crippen molar-refractivity contribution in [3.05, 3.63) is 5.82 Å². The van der Waals surface area contributed by atoms with Crippen LogP contribution in [0, 0.1) is 11.3 Å². The van der Waals surface area contributed by atoms with E-state index < -0.39 is 0 Å². The van der Waals surface area contributed by atoms with Crippen LogP contribution in [0.25, 0.3) is 0 Å². The first-order valence-electron chi connectivity index (χ1n) is 5.79. The molecular weight excluding hydrogens is 220 g/mol. The highest BCUT2D eigenvalue weighted by Crippen LogP contribution is 2.39. The molecule has 1 aromatic heterocycles. The van der Waals surface area contributed by atoms with E-state index in [9.17, 15) is 0 Å². The van der Waals surface area contributed by atoms with Crippen LogP contribution in [0.15, 0.2) is 5.16 Å². The molecule has 0 aromatic carbocycles. The van der Waals surface area contributed by atoms with Crippen LogP contribution in [0.5, 0.6) is 0 Å². The van der Waals surface area contributed by atoms with Crippen LogP contribution in [-0.4, -0.2) is 20.5 Å². The van der Waals surface area contributed by atoms with Crippen LogP contribution in [0.4, 0.5) is 0 Å². The van der Waals surface area contributed by atoms with Gasteiger partial charge in [-0.1, -0.05) is 11.8 Å². The zero-order valence-corrected chi connectivity index (χ0v) is 10.3. The van der Waals surface area contributed by atoms with Crippen LogP contribution >= 0.6 is 11.8 Å². The van der Waals surface area contributed by atoms with E-state index in [2.05, 4.69) is 27.8 Å². The summed E-state index contributed by atoms with van der Waals surface area (Å²) in [6.07, 6.45) is 4.08. The summed E-state index contributed by atoms with van der Waals surface area (Å²) >= 11 is 1.72. The SMILES string of the molecule is CCn1c(SCCCC#N)nnc1C1CC1. The molecule has 0 unspecified atom stereocenters. The van der Waals surface area contributed by atoms with Gasteiger partial charge in [0.2, 0.25) is 0 Å². The van der Waals surface area contributed by atoms with Crippen molar-refractivity contribution >= 4 is 11.8 Å². The van der Waals surface area contributed by atoms with Gasteiger partial charge in [-0.05, 0) is 26.2 Å². The number of nitriles is 1. The fraction of sp³-hybridized carbons (Fsp3) is 0.727. The standard InChI is InChI=1S/C11H16N4S/c1-2-15-10(9-5-6-9)13-14-11(15)16-8-4-3-7-12/h9H,2-6,8H2,1H3. The van der Waals surface area contributed by atoms with Crippen molar-refractivity contribution in [2.75, 3.05) is 5.75 Å². The Morgan fingerprint density at radius 2 is 2.31 bits per heavy atom. The molecule has 2 rings (SSSR count). The summed E-state index contributed by atoms with van der Waals surface area (Å²) in [5.41, 5.74) is 0. The van der Waals surface area contributed by atoms with E-state index in [0.29, 0.717) is 12.3 Å². The predicted molar refractivity (Wildman–Crippen MR) is 63.2 cm³/mol. The highest BCUT2D eigenvalue weighted by Gasteiger charge is 2.29. The van der Waals surface area contributed by atoms with Gasteiger partial charge in [0.15, 0.2) is 5.16 Å². The third-order valence-corrected chi connectivity index (χ3v) is 3.72. The van der Waals surface area contributed by atoms with Crippen molar-refractivity contribution < 1.29 is 0 Å². The van der Waals surface area contributed by atoms with Gasteiger partial charge in [-0.2, -0.15) is 5.26 Å². The molecule has 1 aliphatic carbocycles. The molecule has 1 heterocycles. The number of hydrogen-bond donors (Lipinski definition) is 0. The molecule has 0 aliphatic heterocycles. The first-order valence-corrected chi connectivity index (χ1v) is 6.78. The monoisotopic (exact) mass is 236 g/mol. The van der Waals surface area contributed by atoms with Crippen molar-refractivity contribution in [2.24, 2.45) is 0 Å². The molecule has 86 valence electrons. The summed E-state index contributed by atoms with van der Waals surface area (Å²) in [6, 6.07) is 2.16. The Balaban J connectivity index is 1.95. The molecular formula is C11H16N4S. The average molecular weight is 236 g/mol. The van der Waals surface area contributed by atoms with Crippen LogP contribution in [0.1, 0.15) is 44.3 Å². The molecule has 0 saturated heterocycles. The second-order valence-corrected chi connectivity index (χ2v) is 5.03. The second kappa shape index (κ2) is 5.35. The number of hydrogen-bond acceptors (Lipinski definition) is 4. The van der Waals surface area contributed by atoms with E-state index >= 15 is 0 Å². The van der Waals surface area contributed by atoms with Crippen LogP contribution in [0.3, 0.4) is 0 Å². The van der Waals surface area contributed by atoms with E-state index in [1.54, 1.807) is 11.8 Å². The summed E-state index contributed by atoms with van der Waals surface area (Å²) in [7, 11) is 0. The smallest absolute Gasteiger partial charge is 0.191 e. The third kappa shape index (κ3) is 2.56. The van der Waals surface area contributed by atoms with Gasteiger partial charge < -0.3 is 4.57 Å². The predicted octanol–water partition coefficient (Wildman–Crippen LogP) is 2.57. The largest absolute Gasteiger partial charge is 0.306 e. The van der Waals surface area contributed by atoms with Gasteiger partial charge in [0, 0.05) is 24.6 Å². The quantitative estimate of drug-likeness (QED) is 0.562. The minimum Gasteiger partial charge on any atom is -0.306 e. The summed E-state index contributed by atoms with van der Waals surface area (Å²) in [5, 5.41) is 18.0. The lowest BCUT2D eigenvalue weighted by Gasteiger charge is -2.05. The molecule has 16 heavy (non-hydrogen) atoms. The maximum Gasteiger partial charge on any atom is 0.191 e. The summed E-state index contributed by atoms with van der Waals surface area (Å²) in [5.74, 6) is 2.77. The molecule has 1 aliphatic rings. The molecule has 1 aromatic rings. The van der Waals surface area contributed by atoms with Crippen molar-refractivity contribution in [1.29, 1.82) is 5.26 Å². The summed E-state index contributed by atoms with van der Waals surface area (Å²) < 4.78 is 2.22. The van der Waals surface area contributed by atoms with Crippen LogP contribution < -0.4 is 0 Å². The van der Waals surface area contributed by atoms with E-state index in [4.69, 9.17) is 5.26 Å². The Morgan fingerprint density at radius 3 is 2.94 bits per heavy atom. The van der Waals surface area contributed by atoms with Crippen molar-refractivity contribution in [2.45, 2.75) is 50.2 Å². The summed E-state index contributed by atoms with van der Waals surface area (Å²) in [6.45, 7) is 3.08. The first-order chi connectivity index (χ1) is 7.86. The lowest BCUT2D eigenvalue weighted by Crippen LogP contribution is -2.02. The van der Waals surface area contributed by atoms with E-state index in [0.717, 1.165) is 29.7 Å². The van der Waals surface area contributed by atoms with E-state index in [1.165, 1.54) is 12.8 Å². The molecule has 0 spiro atoms. The molecule has 5 heteroatoms. The molecule has 1 fully saturated rings. The highest BCUT2D eigenvalue weighted by molar-refractivity contribution is 7.99. The minimum absolute atomic E-state index is 0.628. The Hall–Kier alpha value is -1.02. The highest BCUT2D eigenvalue weighted by atomic mass is 32.2. The average Bonchev–Trinajstić information content (AvgIpc) is 3.06. The molecule has 0 amide bonds. The zero-order valence-electron chi connectivity index (χ0n) is 9.52.